The minimum atomic E-state index is -1.92. The summed E-state index contributed by atoms with van der Waals surface area (Å²) in [5.74, 6) is 0.225. The summed E-state index contributed by atoms with van der Waals surface area (Å²) >= 11 is 6.16. The van der Waals surface area contributed by atoms with E-state index in [9.17, 15) is 9.90 Å². The van der Waals surface area contributed by atoms with E-state index in [1.165, 1.54) is 20.4 Å². The third-order valence-electron chi connectivity index (χ3n) is 4.59. The number of benzene rings is 3. The van der Waals surface area contributed by atoms with Crippen molar-refractivity contribution < 1.29 is 19.4 Å². The second-order valence-corrected chi connectivity index (χ2v) is 6.78. The summed E-state index contributed by atoms with van der Waals surface area (Å²) in [6, 6.07) is 20.6. The molecule has 0 saturated heterocycles. The molecule has 0 aromatic heterocycles. The fourth-order valence-electron chi connectivity index (χ4n) is 3.01. The molecule has 0 radical (unpaired) electrons. The molecule has 0 heterocycles. The van der Waals surface area contributed by atoms with E-state index in [0.29, 0.717) is 33.2 Å². The first kappa shape index (κ1) is 21.4. The van der Waals surface area contributed by atoms with E-state index < -0.39 is 11.5 Å². The van der Waals surface area contributed by atoms with E-state index in [2.05, 4.69) is 10.5 Å². The third kappa shape index (κ3) is 4.30. The molecule has 0 atom stereocenters. The largest absolute Gasteiger partial charge is 0.496 e. The van der Waals surface area contributed by atoms with E-state index in [-0.39, 0.29) is 0 Å². The molecule has 3 rings (SSSR count). The Morgan fingerprint density at radius 2 is 1.50 bits per heavy atom. The second-order valence-electron chi connectivity index (χ2n) is 6.37. The standard InChI is InChI=1S/C23H21ClN2O4/c1-29-20-14-21(30-2)19(24)13-16(20)15-25-26-22(27)23(28,17-9-5-3-6-10-17)18-11-7-4-8-12-18/h3-15,28H,1-2H3,(H,26,27). The normalized spacial score (nSPS) is 11.3. The van der Waals surface area contributed by atoms with Crippen LogP contribution in [0.15, 0.2) is 77.9 Å². The molecule has 2 N–H and O–H groups in total. The van der Waals surface area contributed by atoms with Crippen LogP contribution >= 0.6 is 11.6 Å². The van der Waals surface area contributed by atoms with Gasteiger partial charge in [0.25, 0.3) is 5.91 Å². The maximum Gasteiger partial charge on any atom is 0.281 e. The van der Waals surface area contributed by atoms with E-state index in [0.717, 1.165) is 0 Å². The number of hydrazone groups is 1. The molecule has 7 heteroatoms. The van der Waals surface area contributed by atoms with Gasteiger partial charge in [0.05, 0.1) is 25.5 Å². The Morgan fingerprint density at radius 1 is 0.967 bits per heavy atom. The number of rotatable bonds is 7. The zero-order valence-electron chi connectivity index (χ0n) is 16.5. The molecule has 6 nitrogen and oxygen atoms in total. The van der Waals surface area contributed by atoms with Gasteiger partial charge >= 0.3 is 0 Å². The molecular formula is C23H21ClN2O4. The summed E-state index contributed by atoms with van der Waals surface area (Å²) < 4.78 is 10.5. The van der Waals surface area contributed by atoms with Gasteiger partial charge in [0.15, 0.2) is 5.60 Å². The van der Waals surface area contributed by atoms with Crippen molar-refractivity contribution in [3.63, 3.8) is 0 Å². The number of carbonyl (C=O) groups excluding carboxylic acids is 1. The molecule has 0 aliphatic rings. The van der Waals surface area contributed by atoms with Gasteiger partial charge < -0.3 is 14.6 Å². The van der Waals surface area contributed by atoms with Crippen molar-refractivity contribution in [2.75, 3.05) is 14.2 Å². The molecule has 0 bridgehead atoms. The van der Waals surface area contributed by atoms with Crippen LogP contribution in [0.4, 0.5) is 0 Å². The number of methoxy groups -OCH3 is 2. The number of amides is 1. The van der Waals surface area contributed by atoms with Crippen LogP contribution in [0.1, 0.15) is 16.7 Å². The molecule has 0 spiro atoms. The maximum atomic E-state index is 13.0. The Morgan fingerprint density at radius 3 is 2.00 bits per heavy atom. The minimum absolute atomic E-state index is 0.371. The molecule has 3 aromatic carbocycles. The van der Waals surface area contributed by atoms with Crippen LogP contribution in [0.2, 0.25) is 5.02 Å². The van der Waals surface area contributed by atoms with Crippen molar-refractivity contribution in [1.82, 2.24) is 5.43 Å². The molecule has 1 amide bonds. The van der Waals surface area contributed by atoms with Crippen molar-refractivity contribution in [1.29, 1.82) is 0 Å². The third-order valence-corrected chi connectivity index (χ3v) is 4.88. The van der Waals surface area contributed by atoms with Crippen molar-refractivity contribution in [2.45, 2.75) is 5.60 Å². The van der Waals surface area contributed by atoms with Gasteiger partial charge in [0.2, 0.25) is 0 Å². The topological polar surface area (TPSA) is 80.2 Å². The monoisotopic (exact) mass is 424 g/mol. The fourth-order valence-corrected chi connectivity index (χ4v) is 3.26. The molecular weight excluding hydrogens is 404 g/mol. The summed E-state index contributed by atoms with van der Waals surface area (Å²) in [6.45, 7) is 0. The van der Waals surface area contributed by atoms with Crippen LogP contribution in [0.5, 0.6) is 11.5 Å². The average Bonchev–Trinajstić information content (AvgIpc) is 2.79. The van der Waals surface area contributed by atoms with Crippen LogP contribution in [0, 0.1) is 0 Å². The summed E-state index contributed by atoms with van der Waals surface area (Å²) in [5, 5.41) is 15.8. The zero-order valence-corrected chi connectivity index (χ0v) is 17.3. The lowest BCUT2D eigenvalue weighted by Gasteiger charge is -2.27. The lowest BCUT2D eigenvalue weighted by molar-refractivity contribution is -0.136. The number of nitrogens with one attached hydrogen (secondary N) is 1. The molecule has 0 fully saturated rings. The number of nitrogens with zero attached hydrogens (tertiary/aromatic N) is 1. The highest BCUT2D eigenvalue weighted by atomic mass is 35.5. The van der Waals surface area contributed by atoms with Crippen molar-refractivity contribution in [2.24, 2.45) is 5.10 Å². The predicted octanol–water partition coefficient (Wildman–Crippen LogP) is 3.74. The quantitative estimate of drug-likeness (QED) is 0.447. The van der Waals surface area contributed by atoms with E-state index >= 15 is 0 Å². The molecule has 0 saturated carbocycles. The van der Waals surface area contributed by atoms with Gasteiger partial charge in [-0.15, -0.1) is 0 Å². The van der Waals surface area contributed by atoms with Crippen molar-refractivity contribution in [3.8, 4) is 11.5 Å². The lowest BCUT2D eigenvalue weighted by Crippen LogP contribution is -2.43. The summed E-state index contributed by atoms with van der Waals surface area (Å²) in [7, 11) is 3.00. The van der Waals surface area contributed by atoms with Gasteiger partial charge in [-0.3, -0.25) is 4.79 Å². The van der Waals surface area contributed by atoms with Crippen LogP contribution in [0.25, 0.3) is 0 Å². The molecule has 0 aliphatic carbocycles. The first-order chi connectivity index (χ1) is 14.5. The number of halogens is 1. The number of hydrogen-bond acceptors (Lipinski definition) is 5. The Balaban J connectivity index is 1.90. The highest BCUT2D eigenvalue weighted by Gasteiger charge is 2.39. The highest BCUT2D eigenvalue weighted by molar-refractivity contribution is 6.32. The van der Waals surface area contributed by atoms with Gasteiger partial charge in [-0.2, -0.15) is 5.10 Å². The maximum absolute atomic E-state index is 13.0. The van der Waals surface area contributed by atoms with Gasteiger partial charge in [-0.25, -0.2) is 5.43 Å². The first-order valence-electron chi connectivity index (χ1n) is 9.09. The second kappa shape index (κ2) is 9.43. The Hall–Kier alpha value is -3.35. The number of aliphatic hydroxyl groups is 1. The number of carbonyl (C=O) groups is 1. The minimum Gasteiger partial charge on any atom is -0.496 e. The zero-order chi connectivity index (χ0) is 21.6. The van der Waals surface area contributed by atoms with E-state index in [1.807, 2.05) is 12.1 Å². The first-order valence-corrected chi connectivity index (χ1v) is 9.47. The van der Waals surface area contributed by atoms with Crippen molar-refractivity contribution >= 4 is 23.7 Å². The van der Waals surface area contributed by atoms with Gasteiger partial charge in [-0.05, 0) is 17.2 Å². The van der Waals surface area contributed by atoms with Crippen LogP contribution in [0.3, 0.4) is 0 Å². The summed E-state index contributed by atoms with van der Waals surface area (Å²) in [5.41, 5.74) is 1.89. The van der Waals surface area contributed by atoms with Crippen molar-refractivity contribution in [3.05, 3.63) is 94.5 Å². The van der Waals surface area contributed by atoms with Crippen LogP contribution in [-0.4, -0.2) is 31.4 Å². The molecule has 0 unspecified atom stereocenters. The number of ether oxygens (including phenoxy) is 2. The Labute approximate surface area is 179 Å². The van der Waals surface area contributed by atoms with Crippen LogP contribution < -0.4 is 14.9 Å². The van der Waals surface area contributed by atoms with E-state index in [4.69, 9.17) is 21.1 Å². The SMILES string of the molecule is COc1cc(OC)c(C=NNC(=O)C(O)(c2ccccc2)c2ccccc2)cc1Cl. The highest BCUT2D eigenvalue weighted by Crippen LogP contribution is 2.32. The lowest BCUT2D eigenvalue weighted by atomic mass is 9.85. The molecule has 30 heavy (non-hydrogen) atoms. The Kier molecular flexibility index (Phi) is 6.72. The average molecular weight is 425 g/mol. The van der Waals surface area contributed by atoms with Gasteiger partial charge in [0.1, 0.15) is 11.5 Å². The summed E-state index contributed by atoms with van der Waals surface area (Å²) in [4.78, 5) is 13.0. The van der Waals surface area contributed by atoms with E-state index in [1.54, 1.807) is 60.7 Å². The molecule has 3 aromatic rings. The number of hydrogen-bond donors (Lipinski definition) is 2. The van der Waals surface area contributed by atoms with Gasteiger partial charge in [-0.1, -0.05) is 72.3 Å². The van der Waals surface area contributed by atoms with Gasteiger partial charge in [0, 0.05) is 11.6 Å². The smallest absolute Gasteiger partial charge is 0.281 e. The molecule has 0 aliphatic heterocycles. The Bertz CT molecular complexity index is 1000. The molecule has 154 valence electrons. The predicted molar refractivity (Wildman–Crippen MR) is 116 cm³/mol. The van der Waals surface area contributed by atoms with Crippen LogP contribution in [-0.2, 0) is 10.4 Å². The summed E-state index contributed by atoms with van der Waals surface area (Å²) in [6.07, 6.45) is 1.39. The fraction of sp³-hybridized carbons (Fsp3) is 0.130.